The van der Waals surface area contributed by atoms with Gasteiger partial charge in [0, 0.05) is 10.9 Å². The van der Waals surface area contributed by atoms with E-state index in [1.54, 1.807) is 0 Å². The first-order valence-corrected chi connectivity index (χ1v) is 10.9. The Bertz CT molecular complexity index is 1020. The van der Waals surface area contributed by atoms with Crippen LogP contribution in [0.5, 0.6) is 0 Å². The van der Waals surface area contributed by atoms with Crippen molar-refractivity contribution in [2.75, 3.05) is 12.5 Å². The van der Waals surface area contributed by atoms with Gasteiger partial charge in [-0.1, -0.05) is 17.7 Å². The average Bonchev–Trinajstić information content (AvgIpc) is 2.60. The van der Waals surface area contributed by atoms with Crippen LogP contribution in [0.2, 0.25) is 0 Å². The Morgan fingerprint density at radius 3 is 1.52 bits per heavy atom. The highest BCUT2D eigenvalue weighted by molar-refractivity contribution is 7.95. The van der Waals surface area contributed by atoms with E-state index in [2.05, 4.69) is 43.7 Å². The van der Waals surface area contributed by atoms with Crippen molar-refractivity contribution in [3.05, 3.63) is 72.3 Å². The molecule has 0 unspecified atom stereocenters. The van der Waals surface area contributed by atoms with Crippen molar-refractivity contribution in [3.8, 4) is 0 Å². The second-order valence-corrected chi connectivity index (χ2v) is 9.09. The van der Waals surface area contributed by atoms with Gasteiger partial charge in [0.15, 0.2) is 4.90 Å². The third-order valence-corrected chi connectivity index (χ3v) is 5.51. The molecule has 2 aromatic rings. The summed E-state index contributed by atoms with van der Waals surface area (Å²) in [5, 5.41) is 31.6. The first-order chi connectivity index (χ1) is 13.3. The minimum Gasteiger partial charge on any atom is -0.744 e. The van der Waals surface area contributed by atoms with Crippen molar-refractivity contribution in [2.45, 2.75) is 16.7 Å². The molecule has 14 heteroatoms. The van der Waals surface area contributed by atoms with Crippen LogP contribution >= 0.6 is 0 Å². The van der Waals surface area contributed by atoms with Gasteiger partial charge in [-0.3, -0.25) is 30.3 Å². The number of nitrogens with zero attached hydrogens (tertiary/aromatic N) is 3. The standard InChI is InChI=1S/C9H13S.C6H3N3O9S/c1-8-4-6-9(7-5-8)10(2)3;10-7(11)3-1-4(8(12)13)6(19(16,17)18)5(2-3)9(14)15/h4-7H,1-3H3;1-2H,(H,16,17,18)/q+1;/p-1. The first kappa shape index (κ1) is 23.9. The summed E-state index contributed by atoms with van der Waals surface area (Å²) in [6.07, 6.45) is 4.48. The van der Waals surface area contributed by atoms with E-state index in [0.717, 1.165) is 0 Å². The quantitative estimate of drug-likeness (QED) is 0.288. The third-order valence-electron chi connectivity index (χ3n) is 3.38. The molecule has 0 amide bonds. The maximum atomic E-state index is 10.8. The molecule has 0 aromatic heterocycles. The van der Waals surface area contributed by atoms with Crippen LogP contribution in [0.25, 0.3) is 0 Å². The largest absolute Gasteiger partial charge is 0.744 e. The number of hydrogen-bond acceptors (Lipinski definition) is 9. The van der Waals surface area contributed by atoms with E-state index in [1.807, 2.05) is 0 Å². The van der Waals surface area contributed by atoms with Gasteiger partial charge >= 0.3 is 11.4 Å². The predicted octanol–water partition coefficient (Wildman–Crippen LogP) is 2.55. The Hall–Kier alpha value is -3.10. The van der Waals surface area contributed by atoms with Crippen LogP contribution in [0.1, 0.15) is 5.56 Å². The number of hydrogen-bond donors (Lipinski definition) is 0. The molecule has 29 heavy (non-hydrogen) atoms. The second kappa shape index (κ2) is 9.40. The van der Waals surface area contributed by atoms with Gasteiger partial charge in [-0.25, -0.2) is 8.42 Å². The normalized spacial score (nSPS) is 10.8. The Kier molecular flexibility index (Phi) is 7.76. The summed E-state index contributed by atoms with van der Waals surface area (Å²) in [5.41, 5.74) is -2.77. The molecule has 2 rings (SSSR count). The van der Waals surface area contributed by atoms with Crippen LogP contribution in [-0.2, 0) is 21.0 Å². The Balaban J connectivity index is 0.000000352. The molecule has 0 fully saturated rings. The molecule has 0 saturated carbocycles. The van der Waals surface area contributed by atoms with Crippen molar-refractivity contribution in [1.29, 1.82) is 0 Å². The van der Waals surface area contributed by atoms with Crippen LogP contribution in [0.3, 0.4) is 0 Å². The van der Waals surface area contributed by atoms with Crippen LogP contribution in [0, 0.1) is 37.3 Å². The zero-order valence-corrected chi connectivity index (χ0v) is 16.9. The third kappa shape index (κ3) is 6.48. The fourth-order valence-electron chi connectivity index (χ4n) is 2.03. The molecular formula is C15H15N3O9S2. The van der Waals surface area contributed by atoms with E-state index < -0.39 is 46.8 Å². The van der Waals surface area contributed by atoms with Crippen LogP contribution in [-0.4, -0.2) is 40.3 Å². The molecule has 0 saturated heterocycles. The molecule has 0 spiro atoms. The lowest BCUT2D eigenvalue weighted by molar-refractivity contribution is -0.407. The SMILES string of the molecule is Cc1ccc([S+](C)C)cc1.O=[N+]([O-])c1cc([N+](=O)[O-])c(S(=O)(=O)[O-])c([N+](=O)[O-])c1. The molecule has 0 aliphatic carbocycles. The van der Waals surface area contributed by atoms with E-state index in [-0.39, 0.29) is 12.1 Å². The first-order valence-electron chi connectivity index (χ1n) is 7.47. The summed E-state index contributed by atoms with van der Waals surface area (Å²) in [7, 11) is -5.14. The van der Waals surface area contributed by atoms with Crippen molar-refractivity contribution in [1.82, 2.24) is 0 Å². The topological polar surface area (TPSA) is 187 Å². The second-order valence-electron chi connectivity index (χ2n) is 5.67. The van der Waals surface area contributed by atoms with E-state index in [4.69, 9.17) is 0 Å². The van der Waals surface area contributed by atoms with Gasteiger partial charge in [0.05, 0.1) is 26.9 Å². The highest BCUT2D eigenvalue weighted by atomic mass is 32.2. The van der Waals surface area contributed by atoms with Gasteiger partial charge in [0.1, 0.15) is 22.6 Å². The molecule has 0 atom stereocenters. The Labute approximate surface area is 167 Å². The summed E-state index contributed by atoms with van der Waals surface area (Å²) in [6.45, 7) is 2.12. The van der Waals surface area contributed by atoms with Crippen LogP contribution in [0.4, 0.5) is 17.1 Å². The fraction of sp³-hybridized carbons (Fsp3) is 0.200. The highest BCUT2D eigenvalue weighted by Gasteiger charge is 2.34. The van der Waals surface area contributed by atoms with Crippen LogP contribution < -0.4 is 0 Å². The number of nitro benzene ring substituents is 3. The van der Waals surface area contributed by atoms with Gasteiger partial charge < -0.3 is 4.55 Å². The maximum absolute atomic E-state index is 10.8. The van der Waals surface area contributed by atoms with E-state index in [1.165, 1.54) is 10.5 Å². The van der Waals surface area contributed by atoms with E-state index in [0.29, 0.717) is 10.9 Å². The smallest absolute Gasteiger partial charge is 0.300 e. The summed E-state index contributed by atoms with van der Waals surface area (Å²) in [4.78, 5) is 27.3. The van der Waals surface area contributed by atoms with Crippen molar-refractivity contribution < 1.29 is 27.7 Å². The molecule has 12 nitrogen and oxygen atoms in total. The fourth-order valence-corrected chi connectivity index (χ4v) is 3.49. The van der Waals surface area contributed by atoms with Crippen molar-refractivity contribution in [2.24, 2.45) is 0 Å². The minimum absolute atomic E-state index is 0.164. The van der Waals surface area contributed by atoms with E-state index in [9.17, 15) is 43.3 Å². The summed E-state index contributed by atoms with van der Waals surface area (Å²) >= 11 is 0. The molecule has 0 radical (unpaired) electrons. The summed E-state index contributed by atoms with van der Waals surface area (Å²) in [5.74, 6) is 0. The number of nitro groups is 3. The van der Waals surface area contributed by atoms with E-state index >= 15 is 0 Å². The number of non-ortho nitro benzene ring substituents is 1. The number of rotatable bonds is 5. The predicted molar refractivity (Wildman–Crippen MR) is 103 cm³/mol. The average molecular weight is 445 g/mol. The lowest BCUT2D eigenvalue weighted by atomic mass is 10.2. The minimum atomic E-state index is -5.55. The van der Waals surface area contributed by atoms with Gasteiger partial charge in [0.2, 0.25) is 4.90 Å². The van der Waals surface area contributed by atoms with Crippen molar-refractivity contribution >= 4 is 38.1 Å². The van der Waals surface area contributed by atoms with Crippen LogP contribution in [0.15, 0.2) is 46.2 Å². The number of aryl methyl sites for hydroxylation is 1. The molecule has 0 bridgehead atoms. The van der Waals surface area contributed by atoms with Gasteiger partial charge in [-0.2, -0.15) is 0 Å². The molecule has 156 valence electrons. The van der Waals surface area contributed by atoms with Gasteiger partial charge in [0.25, 0.3) is 5.69 Å². The highest BCUT2D eigenvalue weighted by Crippen LogP contribution is 2.36. The van der Waals surface area contributed by atoms with Crippen molar-refractivity contribution in [3.63, 3.8) is 0 Å². The molecule has 2 aromatic carbocycles. The summed E-state index contributed by atoms with van der Waals surface area (Å²) in [6, 6.07) is 9.08. The Morgan fingerprint density at radius 2 is 1.24 bits per heavy atom. The van der Waals surface area contributed by atoms with Gasteiger partial charge in [-0.15, -0.1) is 0 Å². The molecule has 0 N–H and O–H groups in total. The maximum Gasteiger partial charge on any atom is 0.300 e. The lowest BCUT2D eigenvalue weighted by Gasteiger charge is -2.07. The monoisotopic (exact) mass is 445 g/mol. The lowest BCUT2D eigenvalue weighted by Crippen LogP contribution is -2.08. The zero-order valence-electron chi connectivity index (χ0n) is 15.3. The summed E-state index contributed by atoms with van der Waals surface area (Å²) < 4.78 is 32.5. The molecule has 0 heterocycles. The zero-order chi connectivity index (χ0) is 22.5. The Morgan fingerprint density at radius 1 is 0.828 bits per heavy atom. The van der Waals surface area contributed by atoms with Gasteiger partial charge in [-0.05, 0) is 19.1 Å². The number of benzene rings is 2. The molecule has 0 aliphatic heterocycles. The molecule has 0 aliphatic rings. The molecular weight excluding hydrogens is 430 g/mol.